The highest BCUT2D eigenvalue weighted by molar-refractivity contribution is 6.07. The zero-order valence-electron chi connectivity index (χ0n) is 18.7. The van der Waals surface area contributed by atoms with Crippen LogP contribution in [0.15, 0.2) is 54.7 Å². The molecule has 0 bridgehead atoms. The predicted molar refractivity (Wildman–Crippen MR) is 126 cm³/mol. The van der Waals surface area contributed by atoms with Crippen LogP contribution in [0.5, 0.6) is 0 Å². The van der Waals surface area contributed by atoms with Gasteiger partial charge in [-0.25, -0.2) is 0 Å². The summed E-state index contributed by atoms with van der Waals surface area (Å²) in [4.78, 5) is 27.0. The maximum atomic E-state index is 13.1. The molecule has 0 unspecified atom stereocenters. The SMILES string of the molecule is CCNC(=O)c1cccc(CCCCn2cc(C(=O)N3CCOCC3)c3ccccc32)c1. The van der Waals surface area contributed by atoms with Crippen LogP contribution in [-0.2, 0) is 17.7 Å². The molecule has 0 radical (unpaired) electrons. The Morgan fingerprint density at radius 1 is 1.03 bits per heavy atom. The smallest absolute Gasteiger partial charge is 0.256 e. The van der Waals surface area contributed by atoms with Gasteiger partial charge in [-0.2, -0.15) is 0 Å². The maximum Gasteiger partial charge on any atom is 0.256 e. The zero-order valence-corrected chi connectivity index (χ0v) is 18.7. The van der Waals surface area contributed by atoms with E-state index in [1.165, 1.54) is 5.56 Å². The van der Waals surface area contributed by atoms with Crippen molar-refractivity contribution in [1.29, 1.82) is 0 Å². The maximum absolute atomic E-state index is 13.1. The number of aryl methyl sites for hydroxylation is 2. The predicted octanol–water partition coefficient (Wildman–Crippen LogP) is 3.89. The van der Waals surface area contributed by atoms with Gasteiger partial charge in [-0.15, -0.1) is 0 Å². The van der Waals surface area contributed by atoms with Gasteiger partial charge in [-0.1, -0.05) is 30.3 Å². The number of aromatic nitrogens is 1. The van der Waals surface area contributed by atoms with Crippen LogP contribution >= 0.6 is 0 Å². The van der Waals surface area contributed by atoms with Crippen LogP contribution in [-0.4, -0.2) is 54.1 Å². The number of fused-ring (bicyclic) bond motifs is 1. The fourth-order valence-electron chi connectivity index (χ4n) is 4.28. The molecule has 0 saturated carbocycles. The van der Waals surface area contributed by atoms with Gasteiger partial charge in [0.2, 0.25) is 0 Å². The molecule has 4 rings (SSSR count). The van der Waals surface area contributed by atoms with E-state index in [0.717, 1.165) is 42.3 Å². The first-order valence-corrected chi connectivity index (χ1v) is 11.5. The Morgan fingerprint density at radius 2 is 1.84 bits per heavy atom. The van der Waals surface area contributed by atoms with Crippen molar-refractivity contribution in [2.24, 2.45) is 0 Å². The first-order valence-electron chi connectivity index (χ1n) is 11.5. The topological polar surface area (TPSA) is 63.6 Å². The van der Waals surface area contributed by atoms with Crippen molar-refractivity contribution < 1.29 is 14.3 Å². The molecule has 1 N–H and O–H groups in total. The quantitative estimate of drug-likeness (QED) is 0.548. The number of unbranched alkanes of at least 4 members (excludes halogenated alkanes) is 1. The average molecular weight is 434 g/mol. The largest absolute Gasteiger partial charge is 0.378 e. The van der Waals surface area contributed by atoms with Crippen molar-refractivity contribution >= 4 is 22.7 Å². The highest BCUT2D eigenvalue weighted by Gasteiger charge is 2.22. The third kappa shape index (κ3) is 5.02. The minimum Gasteiger partial charge on any atom is -0.378 e. The molecule has 6 heteroatoms. The van der Waals surface area contributed by atoms with Crippen LogP contribution in [0.1, 0.15) is 46.0 Å². The van der Waals surface area contributed by atoms with Gasteiger partial charge in [0.15, 0.2) is 0 Å². The van der Waals surface area contributed by atoms with E-state index in [0.29, 0.717) is 38.4 Å². The van der Waals surface area contributed by atoms with Gasteiger partial charge in [0.1, 0.15) is 0 Å². The van der Waals surface area contributed by atoms with Crippen LogP contribution in [0.4, 0.5) is 0 Å². The van der Waals surface area contributed by atoms with E-state index in [2.05, 4.69) is 22.0 Å². The molecular formula is C26H31N3O3. The van der Waals surface area contributed by atoms with Crippen molar-refractivity contribution in [2.75, 3.05) is 32.8 Å². The molecule has 32 heavy (non-hydrogen) atoms. The number of carbonyl (C=O) groups excluding carboxylic acids is 2. The van der Waals surface area contributed by atoms with E-state index in [9.17, 15) is 9.59 Å². The summed E-state index contributed by atoms with van der Waals surface area (Å²) in [6, 6.07) is 16.0. The second kappa shape index (κ2) is 10.5. The van der Waals surface area contributed by atoms with Gasteiger partial charge in [-0.3, -0.25) is 9.59 Å². The molecule has 1 aromatic heterocycles. The Labute approximate surface area is 189 Å². The van der Waals surface area contributed by atoms with E-state index < -0.39 is 0 Å². The minimum atomic E-state index is -0.0226. The average Bonchev–Trinajstić information content (AvgIpc) is 3.21. The second-order valence-electron chi connectivity index (χ2n) is 8.17. The van der Waals surface area contributed by atoms with E-state index in [-0.39, 0.29) is 11.8 Å². The molecule has 2 heterocycles. The number of nitrogens with one attached hydrogen (secondary N) is 1. The number of amides is 2. The van der Waals surface area contributed by atoms with Gasteiger partial charge >= 0.3 is 0 Å². The second-order valence-corrected chi connectivity index (χ2v) is 8.17. The number of hydrogen-bond donors (Lipinski definition) is 1. The number of benzene rings is 2. The van der Waals surface area contributed by atoms with Crippen molar-refractivity contribution in [3.05, 3.63) is 71.4 Å². The molecule has 1 saturated heterocycles. The summed E-state index contributed by atoms with van der Waals surface area (Å²) in [7, 11) is 0. The van der Waals surface area contributed by atoms with Crippen molar-refractivity contribution in [2.45, 2.75) is 32.7 Å². The van der Waals surface area contributed by atoms with Crippen LogP contribution < -0.4 is 5.32 Å². The van der Waals surface area contributed by atoms with Crippen LogP contribution in [0, 0.1) is 0 Å². The summed E-state index contributed by atoms with van der Waals surface area (Å²) in [6.07, 6.45) is 4.94. The number of nitrogens with zero attached hydrogens (tertiary/aromatic N) is 2. The molecular weight excluding hydrogens is 402 g/mol. The summed E-state index contributed by atoms with van der Waals surface area (Å²) in [5.74, 6) is 0.0658. The summed E-state index contributed by atoms with van der Waals surface area (Å²) >= 11 is 0. The highest BCUT2D eigenvalue weighted by atomic mass is 16.5. The lowest BCUT2D eigenvalue weighted by atomic mass is 10.0. The van der Waals surface area contributed by atoms with Gasteiger partial charge < -0.3 is 19.5 Å². The van der Waals surface area contributed by atoms with E-state index >= 15 is 0 Å². The third-order valence-corrected chi connectivity index (χ3v) is 5.96. The van der Waals surface area contributed by atoms with Gasteiger partial charge in [0, 0.05) is 48.8 Å². The molecule has 3 aromatic rings. The number of morpholine rings is 1. The van der Waals surface area contributed by atoms with Crippen LogP contribution in [0.2, 0.25) is 0 Å². The van der Waals surface area contributed by atoms with Gasteiger partial charge in [0.25, 0.3) is 11.8 Å². The summed E-state index contributed by atoms with van der Waals surface area (Å²) in [6.45, 7) is 5.90. The molecule has 1 aliphatic rings. The Hall–Kier alpha value is -3.12. The van der Waals surface area contributed by atoms with E-state index in [1.54, 1.807) is 0 Å². The molecule has 0 spiro atoms. The number of rotatable bonds is 8. The number of para-hydroxylation sites is 1. The summed E-state index contributed by atoms with van der Waals surface area (Å²) in [5.41, 5.74) is 3.76. The molecule has 2 amide bonds. The molecule has 1 aliphatic heterocycles. The molecule has 0 atom stereocenters. The Morgan fingerprint density at radius 3 is 2.66 bits per heavy atom. The number of hydrogen-bond acceptors (Lipinski definition) is 3. The first-order chi connectivity index (χ1) is 15.7. The van der Waals surface area contributed by atoms with Crippen molar-refractivity contribution in [3.8, 4) is 0 Å². The fraction of sp³-hybridized carbons (Fsp3) is 0.385. The lowest BCUT2D eigenvalue weighted by molar-refractivity contribution is 0.0304. The number of carbonyl (C=O) groups is 2. The third-order valence-electron chi connectivity index (χ3n) is 5.96. The van der Waals surface area contributed by atoms with Crippen molar-refractivity contribution in [3.63, 3.8) is 0 Å². The molecule has 1 fully saturated rings. The Kier molecular flexibility index (Phi) is 7.22. The number of ether oxygens (including phenoxy) is 1. The summed E-state index contributed by atoms with van der Waals surface area (Å²) < 4.78 is 7.59. The monoisotopic (exact) mass is 433 g/mol. The Bertz CT molecular complexity index is 1080. The summed E-state index contributed by atoms with van der Waals surface area (Å²) in [5, 5.41) is 3.86. The van der Waals surface area contributed by atoms with E-state index in [1.807, 2.05) is 54.4 Å². The van der Waals surface area contributed by atoms with Crippen LogP contribution in [0.3, 0.4) is 0 Å². The van der Waals surface area contributed by atoms with Gasteiger partial charge in [-0.05, 0) is 49.9 Å². The highest BCUT2D eigenvalue weighted by Crippen LogP contribution is 2.24. The molecule has 168 valence electrons. The lowest BCUT2D eigenvalue weighted by Crippen LogP contribution is -2.40. The van der Waals surface area contributed by atoms with Crippen molar-refractivity contribution in [1.82, 2.24) is 14.8 Å². The lowest BCUT2D eigenvalue weighted by Gasteiger charge is -2.26. The zero-order chi connectivity index (χ0) is 22.3. The standard InChI is InChI=1S/C26H31N3O3/c1-2-27-25(30)21-10-7-9-20(18-21)8-5-6-13-29-19-23(22-11-3-4-12-24(22)29)26(31)28-14-16-32-17-15-28/h3-4,7,9-12,18-19H,2,5-6,8,13-17H2,1H3,(H,27,30). The Balaban J connectivity index is 1.40. The van der Waals surface area contributed by atoms with E-state index in [4.69, 9.17) is 4.74 Å². The molecule has 0 aliphatic carbocycles. The first kappa shape index (κ1) is 22.1. The minimum absolute atomic E-state index is 0.0226. The molecule has 2 aromatic carbocycles. The van der Waals surface area contributed by atoms with Gasteiger partial charge in [0.05, 0.1) is 18.8 Å². The normalized spacial score (nSPS) is 14.0. The molecule has 6 nitrogen and oxygen atoms in total. The fourth-order valence-corrected chi connectivity index (χ4v) is 4.28. The van der Waals surface area contributed by atoms with Crippen LogP contribution in [0.25, 0.3) is 10.9 Å².